The molecule has 0 fully saturated rings. The van der Waals surface area contributed by atoms with E-state index in [4.69, 9.17) is 5.73 Å². The van der Waals surface area contributed by atoms with Crippen LogP contribution in [0.15, 0.2) is 12.1 Å². The van der Waals surface area contributed by atoms with Crippen LogP contribution < -0.4 is 5.73 Å². The molecule has 0 spiro atoms. The first-order valence-electron chi connectivity index (χ1n) is 5.86. The van der Waals surface area contributed by atoms with Crippen molar-refractivity contribution in [2.45, 2.75) is 39.7 Å². The van der Waals surface area contributed by atoms with Crippen LogP contribution in [-0.2, 0) is 9.53 Å². The number of aryl methyl sites for hydroxylation is 2. The Kier molecular flexibility index (Phi) is 4.70. The number of esters is 1. The van der Waals surface area contributed by atoms with Gasteiger partial charge in [-0.05, 0) is 43.9 Å². The molecule has 0 radical (unpaired) electrons. The molecule has 0 aliphatic rings. The fraction of sp³-hybridized carbons (Fsp3) is 0.500. The number of ether oxygens (including phenoxy) is 1. The molecule has 1 unspecified atom stereocenters. The Hall–Kier alpha value is -1.35. The van der Waals surface area contributed by atoms with Gasteiger partial charge in [0.15, 0.2) is 0 Å². The van der Waals surface area contributed by atoms with E-state index in [-0.39, 0.29) is 12.0 Å². The second-order valence-corrected chi connectivity index (χ2v) is 4.52. The number of hydrogen-bond donors (Lipinski definition) is 1. The highest BCUT2D eigenvalue weighted by Gasteiger charge is 2.13. The molecule has 1 atom stereocenters. The molecule has 0 saturated carbocycles. The van der Waals surface area contributed by atoms with E-state index in [0.29, 0.717) is 12.8 Å². The fourth-order valence-corrected chi connectivity index (χ4v) is 1.99. The molecule has 1 aromatic carbocycles. The van der Waals surface area contributed by atoms with E-state index in [2.05, 4.69) is 37.6 Å². The zero-order valence-corrected chi connectivity index (χ0v) is 11.0. The summed E-state index contributed by atoms with van der Waals surface area (Å²) in [6, 6.07) is 4.14. The van der Waals surface area contributed by atoms with Crippen molar-refractivity contribution in [2.24, 2.45) is 5.73 Å². The van der Waals surface area contributed by atoms with Crippen LogP contribution in [0, 0.1) is 20.8 Å². The molecule has 0 aromatic heterocycles. The van der Waals surface area contributed by atoms with Crippen molar-refractivity contribution >= 4 is 5.97 Å². The van der Waals surface area contributed by atoms with Crippen LogP contribution in [0.1, 0.15) is 41.1 Å². The first kappa shape index (κ1) is 13.7. The van der Waals surface area contributed by atoms with Crippen LogP contribution >= 0.6 is 0 Å². The Morgan fingerprint density at radius 1 is 1.35 bits per heavy atom. The Balaban J connectivity index is 2.81. The first-order chi connectivity index (χ1) is 7.95. The molecule has 3 heteroatoms. The molecule has 2 N–H and O–H groups in total. The average Bonchev–Trinajstić information content (AvgIpc) is 2.30. The number of carbonyl (C=O) groups excluding carboxylic acids is 1. The summed E-state index contributed by atoms with van der Waals surface area (Å²) in [5, 5.41) is 0. The third kappa shape index (κ3) is 3.56. The lowest BCUT2D eigenvalue weighted by Crippen LogP contribution is -2.15. The number of carbonyl (C=O) groups is 1. The predicted molar refractivity (Wildman–Crippen MR) is 68.8 cm³/mol. The Bertz CT molecular complexity index is 413. The first-order valence-corrected chi connectivity index (χ1v) is 5.86. The van der Waals surface area contributed by atoms with Crippen LogP contribution in [-0.4, -0.2) is 13.1 Å². The number of benzene rings is 1. The van der Waals surface area contributed by atoms with Gasteiger partial charge in [0.25, 0.3) is 0 Å². The highest BCUT2D eigenvalue weighted by molar-refractivity contribution is 5.69. The maximum absolute atomic E-state index is 11.1. The monoisotopic (exact) mass is 235 g/mol. The van der Waals surface area contributed by atoms with Crippen LogP contribution in [0.3, 0.4) is 0 Å². The van der Waals surface area contributed by atoms with E-state index in [1.807, 2.05) is 0 Å². The van der Waals surface area contributed by atoms with Gasteiger partial charge in [-0.15, -0.1) is 0 Å². The van der Waals surface area contributed by atoms with Gasteiger partial charge in [0.2, 0.25) is 0 Å². The Morgan fingerprint density at radius 3 is 2.59 bits per heavy atom. The van der Waals surface area contributed by atoms with Gasteiger partial charge < -0.3 is 10.5 Å². The number of nitrogens with two attached hydrogens (primary N) is 1. The maximum atomic E-state index is 11.1. The molecule has 1 rings (SSSR count). The lowest BCUT2D eigenvalue weighted by molar-refractivity contribution is -0.140. The van der Waals surface area contributed by atoms with Gasteiger partial charge in [0.1, 0.15) is 0 Å². The zero-order valence-electron chi connectivity index (χ0n) is 11.0. The quantitative estimate of drug-likeness (QED) is 0.816. The topological polar surface area (TPSA) is 52.3 Å². The normalized spacial score (nSPS) is 12.3. The summed E-state index contributed by atoms with van der Waals surface area (Å²) in [5.41, 5.74) is 10.9. The van der Waals surface area contributed by atoms with Crippen LogP contribution in [0.25, 0.3) is 0 Å². The summed E-state index contributed by atoms with van der Waals surface area (Å²) in [5.74, 6) is -0.206. The minimum Gasteiger partial charge on any atom is -0.469 e. The average molecular weight is 235 g/mol. The number of methoxy groups -OCH3 is 1. The molecule has 3 nitrogen and oxygen atoms in total. The van der Waals surface area contributed by atoms with Gasteiger partial charge in [-0.25, -0.2) is 0 Å². The van der Waals surface area contributed by atoms with Crippen molar-refractivity contribution in [1.29, 1.82) is 0 Å². The van der Waals surface area contributed by atoms with Gasteiger partial charge in [0, 0.05) is 12.5 Å². The molecule has 0 bridgehead atoms. The van der Waals surface area contributed by atoms with Crippen molar-refractivity contribution in [3.05, 3.63) is 34.4 Å². The molecule has 0 saturated heterocycles. The van der Waals surface area contributed by atoms with Crippen molar-refractivity contribution in [2.75, 3.05) is 7.11 Å². The molecule has 0 aliphatic carbocycles. The summed E-state index contributed by atoms with van der Waals surface area (Å²) >= 11 is 0. The lowest BCUT2D eigenvalue weighted by Gasteiger charge is -2.17. The third-order valence-corrected chi connectivity index (χ3v) is 3.14. The van der Waals surface area contributed by atoms with Gasteiger partial charge >= 0.3 is 5.97 Å². The second-order valence-electron chi connectivity index (χ2n) is 4.52. The van der Waals surface area contributed by atoms with Gasteiger partial charge in [-0.3, -0.25) is 4.79 Å². The fourth-order valence-electron chi connectivity index (χ4n) is 1.99. The zero-order chi connectivity index (χ0) is 13.0. The Labute approximate surface area is 103 Å². The molecule has 0 heterocycles. The predicted octanol–water partition coefficient (Wildman–Crippen LogP) is 2.56. The van der Waals surface area contributed by atoms with E-state index < -0.39 is 0 Å². The van der Waals surface area contributed by atoms with Crippen molar-refractivity contribution in [3.8, 4) is 0 Å². The van der Waals surface area contributed by atoms with Crippen LogP contribution in [0.2, 0.25) is 0 Å². The minimum absolute atomic E-state index is 0.104. The van der Waals surface area contributed by atoms with Crippen LogP contribution in [0.4, 0.5) is 0 Å². The number of rotatable bonds is 4. The van der Waals surface area contributed by atoms with Gasteiger partial charge in [-0.2, -0.15) is 0 Å². The molecule has 0 amide bonds. The van der Waals surface area contributed by atoms with Crippen molar-refractivity contribution in [1.82, 2.24) is 0 Å². The summed E-state index contributed by atoms with van der Waals surface area (Å²) in [4.78, 5) is 11.1. The maximum Gasteiger partial charge on any atom is 0.305 e. The van der Waals surface area contributed by atoms with E-state index in [1.165, 1.54) is 23.8 Å². The van der Waals surface area contributed by atoms with Crippen LogP contribution in [0.5, 0.6) is 0 Å². The summed E-state index contributed by atoms with van der Waals surface area (Å²) in [6.07, 6.45) is 0.987. The third-order valence-electron chi connectivity index (χ3n) is 3.14. The van der Waals surface area contributed by atoms with Gasteiger partial charge in [0.05, 0.1) is 7.11 Å². The molecule has 0 aliphatic heterocycles. The van der Waals surface area contributed by atoms with E-state index in [9.17, 15) is 4.79 Å². The molecular formula is C14H21NO2. The second kappa shape index (κ2) is 5.82. The molecule has 94 valence electrons. The molecule has 17 heavy (non-hydrogen) atoms. The Morgan fingerprint density at radius 2 is 2.00 bits per heavy atom. The molecule has 1 aromatic rings. The van der Waals surface area contributed by atoms with E-state index in [1.54, 1.807) is 0 Å². The standard InChI is InChI=1S/C14H21NO2/c1-9-7-10(2)11(3)12(8-9)13(15)5-6-14(16)17-4/h7-8,13H,5-6,15H2,1-4H3. The highest BCUT2D eigenvalue weighted by Crippen LogP contribution is 2.24. The SMILES string of the molecule is COC(=O)CCC(N)c1cc(C)cc(C)c1C. The van der Waals surface area contributed by atoms with E-state index in [0.717, 1.165) is 5.56 Å². The highest BCUT2D eigenvalue weighted by atomic mass is 16.5. The smallest absolute Gasteiger partial charge is 0.305 e. The number of hydrogen-bond acceptors (Lipinski definition) is 3. The van der Waals surface area contributed by atoms with Crippen molar-refractivity contribution < 1.29 is 9.53 Å². The summed E-state index contributed by atoms with van der Waals surface area (Å²) in [6.45, 7) is 6.21. The van der Waals surface area contributed by atoms with E-state index >= 15 is 0 Å². The summed E-state index contributed by atoms with van der Waals surface area (Å²) < 4.78 is 4.62. The minimum atomic E-state index is -0.206. The van der Waals surface area contributed by atoms with Gasteiger partial charge in [-0.1, -0.05) is 17.7 Å². The lowest BCUT2D eigenvalue weighted by atomic mass is 9.93. The summed E-state index contributed by atoms with van der Waals surface area (Å²) in [7, 11) is 1.40. The van der Waals surface area contributed by atoms with Crippen molar-refractivity contribution in [3.63, 3.8) is 0 Å². The largest absolute Gasteiger partial charge is 0.469 e. The molecular weight excluding hydrogens is 214 g/mol.